The van der Waals surface area contributed by atoms with Gasteiger partial charge < -0.3 is 9.64 Å². The molecule has 0 aliphatic carbocycles. The number of halogens is 2. The van der Waals surface area contributed by atoms with Crippen LogP contribution in [0.3, 0.4) is 0 Å². The lowest BCUT2D eigenvalue weighted by Gasteiger charge is -2.14. The van der Waals surface area contributed by atoms with Crippen molar-refractivity contribution in [2.75, 3.05) is 14.1 Å². The lowest BCUT2D eigenvalue weighted by Crippen LogP contribution is -2.25. The molecule has 0 saturated heterocycles. The molecular weight excluding hydrogens is 458 g/mol. The van der Waals surface area contributed by atoms with Crippen LogP contribution in [0.5, 0.6) is 5.75 Å². The number of fused-ring (bicyclic) bond motifs is 1. The molecule has 0 aliphatic rings. The molecule has 0 N–H and O–H groups in total. The summed E-state index contributed by atoms with van der Waals surface area (Å²) in [4.78, 5) is 17.4. The van der Waals surface area contributed by atoms with Gasteiger partial charge in [0.15, 0.2) is 5.75 Å². The Morgan fingerprint density at radius 3 is 2.72 bits per heavy atom. The number of amides is 1. The van der Waals surface area contributed by atoms with Crippen molar-refractivity contribution < 1.29 is 9.53 Å². The van der Waals surface area contributed by atoms with Crippen molar-refractivity contribution in [2.24, 2.45) is 0 Å². The maximum Gasteiger partial charge on any atom is 0.414 e. The molecule has 1 amide bonds. The van der Waals surface area contributed by atoms with Gasteiger partial charge >= 0.3 is 6.09 Å². The minimum Gasteiger partial charge on any atom is -0.407 e. The van der Waals surface area contributed by atoms with Crippen LogP contribution >= 0.6 is 45.2 Å². The van der Waals surface area contributed by atoms with E-state index in [0.29, 0.717) is 11.3 Å². The van der Waals surface area contributed by atoms with E-state index in [2.05, 4.69) is 50.2 Å². The van der Waals surface area contributed by atoms with Crippen molar-refractivity contribution in [3.63, 3.8) is 0 Å². The van der Waals surface area contributed by atoms with E-state index < -0.39 is 6.09 Å². The molecule has 0 aliphatic heterocycles. The SMILES string of the molecule is CN(C)C(=O)Oc1c(I)cc(I)c2cccnc12. The molecule has 0 bridgehead atoms. The number of benzene rings is 1. The molecule has 94 valence electrons. The third-order valence-electron chi connectivity index (χ3n) is 2.30. The molecule has 0 saturated carbocycles. The Labute approximate surface area is 132 Å². The molecule has 1 heterocycles. The number of carbonyl (C=O) groups is 1. The smallest absolute Gasteiger partial charge is 0.407 e. The Balaban J connectivity index is 2.59. The van der Waals surface area contributed by atoms with E-state index in [-0.39, 0.29) is 0 Å². The van der Waals surface area contributed by atoms with Crippen LogP contribution in [0.4, 0.5) is 4.79 Å². The normalized spacial score (nSPS) is 10.4. The second-order valence-corrected chi connectivity index (χ2v) is 6.16. The molecule has 0 spiro atoms. The number of hydrogen-bond donors (Lipinski definition) is 0. The number of hydrogen-bond acceptors (Lipinski definition) is 3. The minimum absolute atomic E-state index is 0.402. The van der Waals surface area contributed by atoms with Crippen LogP contribution in [-0.4, -0.2) is 30.1 Å². The van der Waals surface area contributed by atoms with Gasteiger partial charge in [0.25, 0.3) is 0 Å². The molecule has 0 radical (unpaired) electrons. The molecule has 0 atom stereocenters. The van der Waals surface area contributed by atoms with E-state index >= 15 is 0 Å². The van der Waals surface area contributed by atoms with Crippen LogP contribution in [0.1, 0.15) is 0 Å². The van der Waals surface area contributed by atoms with Crippen LogP contribution in [0, 0.1) is 7.14 Å². The number of carbonyl (C=O) groups excluding carboxylic acids is 1. The molecule has 0 fully saturated rings. The van der Waals surface area contributed by atoms with Crippen molar-refractivity contribution in [2.45, 2.75) is 0 Å². The lowest BCUT2D eigenvalue weighted by atomic mass is 10.2. The average molecular weight is 468 g/mol. The van der Waals surface area contributed by atoms with Crippen LogP contribution in [-0.2, 0) is 0 Å². The maximum atomic E-state index is 11.7. The first-order valence-electron chi connectivity index (χ1n) is 5.12. The van der Waals surface area contributed by atoms with Crippen LogP contribution in [0.15, 0.2) is 24.4 Å². The van der Waals surface area contributed by atoms with Gasteiger partial charge in [0.2, 0.25) is 0 Å². The lowest BCUT2D eigenvalue weighted by molar-refractivity contribution is 0.172. The van der Waals surface area contributed by atoms with E-state index in [1.165, 1.54) is 4.90 Å². The number of aromatic nitrogens is 1. The Morgan fingerprint density at radius 1 is 1.33 bits per heavy atom. The topological polar surface area (TPSA) is 42.4 Å². The fourth-order valence-corrected chi connectivity index (χ4v) is 3.44. The van der Waals surface area contributed by atoms with Gasteiger partial charge in [-0.1, -0.05) is 6.07 Å². The predicted octanol–water partition coefficient (Wildman–Crippen LogP) is 3.50. The van der Waals surface area contributed by atoms with Crippen LogP contribution < -0.4 is 4.74 Å². The van der Waals surface area contributed by atoms with E-state index in [0.717, 1.165) is 12.5 Å². The molecule has 0 unspecified atom stereocenters. The molecule has 2 aromatic rings. The van der Waals surface area contributed by atoms with Gasteiger partial charge in [0.1, 0.15) is 5.52 Å². The Kier molecular flexibility index (Phi) is 4.25. The summed E-state index contributed by atoms with van der Waals surface area (Å²) in [5.74, 6) is 0.519. The average Bonchev–Trinajstić information content (AvgIpc) is 2.34. The van der Waals surface area contributed by atoms with Crippen molar-refractivity contribution in [1.29, 1.82) is 0 Å². The van der Waals surface area contributed by atoms with Gasteiger partial charge in [-0.25, -0.2) is 4.79 Å². The molecule has 1 aromatic heterocycles. The van der Waals surface area contributed by atoms with Gasteiger partial charge in [-0.05, 0) is 57.3 Å². The van der Waals surface area contributed by atoms with Crippen molar-refractivity contribution in [3.05, 3.63) is 31.5 Å². The van der Waals surface area contributed by atoms with Gasteiger partial charge in [-0.3, -0.25) is 4.98 Å². The summed E-state index contributed by atoms with van der Waals surface area (Å²) < 4.78 is 7.35. The van der Waals surface area contributed by atoms with Gasteiger partial charge in [-0.15, -0.1) is 0 Å². The van der Waals surface area contributed by atoms with E-state index in [4.69, 9.17) is 4.74 Å². The second-order valence-electron chi connectivity index (χ2n) is 3.83. The summed E-state index contributed by atoms with van der Waals surface area (Å²) in [6.45, 7) is 0. The Bertz CT molecular complexity index is 614. The summed E-state index contributed by atoms with van der Waals surface area (Å²) in [6, 6.07) is 5.81. The zero-order chi connectivity index (χ0) is 13.3. The van der Waals surface area contributed by atoms with E-state index in [1.807, 2.05) is 18.2 Å². The van der Waals surface area contributed by atoms with Crippen molar-refractivity contribution in [3.8, 4) is 5.75 Å². The summed E-state index contributed by atoms with van der Waals surface area (Å²) in [5.41, 5.74) is 0.712. The number of rotatable bonds is 1. The number of ether oxygens (including phenoxy) is 1. The first-order chi connectivity index (χ1) is 8.50. The highest BCUT2D eigenvalue weighted by atomic mass is 127. The van der Waals surface area contributed by atoms with Crippen LogP contribution in [0.25, 0.3) is 10.9 Å². The molecule has 6 heteroatoms. The quantitative estimate of drug-likeness (QED) is 0.603. The molecule has 2 rings (SSSR count). The molecule has 1 aromatic carbocycles. The molecule has 4 nitrogen and oxygen atoms in total. The summed E-state index contributed by atoms with van der Waals surface area (Å²) in [7, 11) is 3.30. The summed E-state index contributed by atoms with van der Waals surface area (Å²) in [6.07, 6.45) is 1.29. The zero-order valence-corrected chi connectivity index (χ0v) is 14.1. The fraction of sp³-hybridized carbons (Fsp3) is 0.167. The Morgan fingerprint density at radius 2 is 2.06 bits per heavy atom. The Hall–Kier alpha value is -0.640. The summed E-state index contributed by atoms with van der Waals surface area (Å²) in [5, 5.41) is 0.986. The van der Waals surface area contributed by atoms with Gasteiger partial charge in [-0.2, -0.15) is 0 Å². The molecule has 18 heavy (non-hydrogen) atoms. The standard InChI is InChI=1S/C12H10I2N2O2/c1-16(2)12(17)18-11-9(14)6-8(13)7-4-3-5-15-10(7)11/h3-6H,1-2H3. The number of nitrogens with zero attached hydrogens (tertiary/aromatic N) is 2. The first kappa shape index (κ1) is 13.8. The van der Waals surface area contributed by atoms with E-state index in [1.54, 1.807) is 20.3 Å². The monoisotopic (exact) mass is 468 g/mol. The highest BCUT2D eigenvalue weighted by molar-refractivity contribution is 14.1. The second kappa shape index (κ2) is 5.55. The number of pyridine rings is 1. The zero-order valence-electron chi connectivity index (χ0n) is 9.78. The highest BCUT2D eigenvalue weighted by Gasteiger charge is 2.16. The largest absolute Gasteiger partial charge is 0.414 e. The van der Waals surface area contributed by atoms with Crippen LogP contribution in [0.2, 0.25) is 0 Å². The third-order valence-corrected chi connectivity index (χ3v) is 4.00. The van der Waals surface area contributed by atoms with Crippen molar-refractivity contribution in [1.82, 2.24) is 9.88 Å². The minimum atomic E-state index is -0.402. The van der Waals surface area contributed by atoms with Gasteiger partial charge in [0.05, 0.1) is 3.57 Å². The predicted molar refractivity (Wildman–Crippen MR) is 86.9 cm³/mol. The highest BCUT2D eigenvalue weighted by Crippen LogP contribution is 2.33. The first-order valence-corrected chi connectivity index (χ1v) is 7.28. The van der Waals surface area contributed by atoms with Crippen molar-refractivity contribution >= 4 is 62.2 Å². The molecular formula is C12H10I2N2O2. The fourth-order valence-electron chi connectivity index (χ4n) is 1.42. The maximum absolute atomic E-state index is 11.7. The van der Waals surface area contributed by atoms with Gasteiger partial charge in [0, 0.05) is 29.2 Å². The third kappa shape index (κ3) is 2.68. The summed E-state index contributed by atoms with van der Waals surface area (Å²) >= 11 is 4.40. The van der Waals surface area contributed by atoms with E-state index in [9.17, 15) is 4.79 Å².